The van der Waals surface area contributed by atoms with Crippen molar-refractivity contribution in [2.24, 2.45) is 0 Å². The van der Waals surface area contributed by atoms with Crippen molar-refractivity contribution in [3.63, 3.8) is 0 Å². The Morgan fingerprint density at radius 1 is 1.47 bits per heavy atom. The zero-order valence-electron chi connectivity index (χ0n) is 8.97. The van der Waals surface area contributed by atoms with Crippen LogP contribution in [0.3, 0.4) is 0 Å². The average Bonchev–Trinajstić information content (AvgIpc) is 2.15. The average molecular weight is 272 g/mol. The number of likely N-dealkylation sites (N-methyl/N-ethyl adjacent to an activating group) is 1. The van der Waals surface area contributed by atoms with Crippen LogP contribution in [-0.2, 0) is 4.79 Å². The second-order valence-corrected chi connectivity index (χ2v) is 4.49. The van der Waals surface area contributed by atoms with Crippen molar-refractivity contribution in [2.45, 2.75) is 19.4 Å². The minimum absolute atomic E-state index is 0.0794. The molecule has 0 aliphatic carbocycles. The summed E-state index contributed by atoms with van der Waals surface area (Å²) in [7, 11) is 1.61. The minimum atomic E-state index is -0.678. The van der Waals surface area contributed by atoms with Crippen LogP contribution in [0.1, 0.15) is 13.8 Å². The van der Waals surface area contributed by atoms with Crippen LogP contribution in [0.5, 0.6) is 0 Å². The molecule has 82 valence electrons. The number of rotatable bonds is 3. The Balaban J connectivity index is 2.81. The van der Waals surface area contributed by atoms with E-state index in [0.717, 1.165) is 4.60 Å². The van der Waals surface area contributed by atoms with Gasteiger partial charge in [-0.15, -0.1) is 0 Å². The molecule has 0 spiro atoms. The van der Waals surface area contributed by atoms with Crippen LogP contribution < -0.4 is 10.6 Å². The van der Waals surface area contributed by atoms with E-state index in [9.17, 15) is 4.79 Å². The Morgan fingerprint density at radius 2 is 2.13 bits per heavy atom. The van der Waals surface area contributed by atoms with Crippen LogP contribution in [-0.4, -0.2) is 23.5 Å². The van der Waals surface area contributed by atoms with Gasteiger partial charge in [-0.3, -0.25) is 4.79 Å². The zero-order valence-corrected chi connectivity index (χ0v) is 10.6. The highest BCUT2D eigenvalue weighted by Crippen LogP contribution is 2.15. The molecule has 0 aliphatic rings. The normalized spacial score (nSPS) is 10.9. The van der Waals surface area contributed by atoms with Gasteiger partial charge in [-0.25, -0.2) is 4.98 Å². The topological polar surface area (TPSA) is 54.0 Å². The highest BCUT2D eigenvalue weighted by molar-refractivity contribution is 9.10. The maximum absolute atomic E-state index is 11.5. The third-order valence-electron chi connectivity index (χ3n) is 1.95. The van der Waals surface area contributed by atoms with Crippen molar-refractivity contribution in [2.75, 3.05) is 12.4 Å². The molecule has 0 unspecified atom stereocenters. The van der Waals surface area contributed by atoms with Crippen LogP contribution >= 0.6 is 15.9 Å². The number of hydrogen-bond donors (Lipinski definition) is 2. The molecule has 1 aromatic heterocycles. The summed E-state index contributed by atoms with van der Waals surface area (Å²) < 4.78 is 0.736. The fourth-order valence-corrected chi connectivity index (χ4v) is 1.51. The van der Waals surface area contributed by atoms with Gasteiger partial charge in [0, 0.05) is 7.05 Å². The Morgan fingerprint density at radius 3 is 2.67 bits per heavy atom. The maximum atomic E-state index is 11.5. The quantitative estimate of drug-likeness (QED) is 0.825. The van der Waals surface area contributed by atoms with E-state index in [1.165, 1.54) is 0 Å². The molecule has 1 aromatic rings. The van der Waals surface area contributed by atoms with Gasteiger partial charge in [0.15, 0.2) is 0 Å². The second-order valence-electron chi connectivity index (χ2n) is 3.67. The smallest absolute Gasteiger partial charge is 0.244 e. The SMILES string of the molecule is CNC(=O)C(C)(C)Nc1cccc(Br)n1. The van der Waals surface area contributed by atoms with Gasteiger partial charge in [-0.1, -0.05) is 6.07 Å². The number of anilines is 1. The lowest BCUT2D eigenvalue weighted by Gasteiger charge is -2.24. The van der Waals surface area contributed by atoms with Gasteiger partial charge in [0.1, 0.15) is 16.0 Å². The summed E-state index contributed by atoms with van der Waals surface area (Å²) >= 11 is 3.27. The number of pyridine rings is 1. The van der Waals surface area contributed by atoms with Crippen molar-refractivity contribution in [3.8, 4) is 0 Å². The molecule has 0 radical (unpaired) electrons. The molecule has 15 heavy (non-hydrogen) atoms. The van der Waals surface area contributed by atoms with Crippen LogP contribution in [0.4, 0.5) is 5.82 Å². The Kier molecular flexibility index (Phi) is 3.68. The van der Waals surface area contributed by atoms with E-state index in [4.69, 9.17) is 0 Å². The number of nitrogens with zero attached hydrogens (tertiary/aromatic N) is 1. The molecule has 0 atom stereocenters. The Bertz CT molecular complexity index is 365. The summed E-state index contributed by atoms with van der Waals surface area (Å²) in [6, 6.07) is 5.51. The summed E-state index contributed by atoms with van der Waals surface area (Å²) in [5, 5.41) is 5.66. The number of carbonyl (C=O) groups excluding carboxylic acids is 1. The van der Waals surface area contributed by atoms with E-state index in [0.29, 0.717) is 5.82 Å². The van der Waals surface area contributed by atoms with E-state index in [2.05, 4.69) is 31.5 Å². The first-order valence-electron chi connectivity index (χ1n) is 4.58. The molecule has 1 heterocycles. The molecule has 5 heteroatoms. The third-order valence-corrected chi connectivity index (χ3v) is 2.39. The first-order chi connectivity index (χ1) is 6.95. The van der Waals surface area contributed by atoms with Crippen LogP contribution in [0.15, 0.2) is 22.8 Å². The number of hydrogen-bond acceptors (Lipinski definition) is 3. The molecular weight excluding hydrogens is 258 g/mol. The minimum Gasteiger partial charge on any atom is -0.357 e. The van der Waals surface area contributed by atoms with Crippen molar-refractivity contribution in [3.05, 3.63) is 22.8 Å². The summed E-state index contributed by atoms with van der Waals surface area (Å²) in [6.07, 6.45) is 0. The van der Waals surface area contributed by atoms with E-state index in [1.54, 1.807) is 20.9 Å². The number of halogens is 1. The van der Waals surface area contributed by atoms with E-state index < -0.39 is 5.54 Å². The fraction of sp³-hybridized carbons (Fsp3) is 0.400. The first kappa shape index (κ1) is 12.0. The summed E-state index contributed by atoms with van der Waals surface area (Å²) in [5.74, 6) is 0.585. The number of amides is 1. The zero-order chi connectivity index (χ0) is 11.5. The highest BCUT2D eigenvalue weighted by Gasteiger charge is 2.26. The maximum Gasteiger partial charge on any atom is 0.244 e. The lowest BCUT2D eigenvalue weighted by atomic mass is 10.1. The van der Waals surface area contributed by atoms with Gasteiger partial charge < -0.3 is 10.6 Å². The van der Waals surface area contributed by atoms with Gasteiger partial charge in [-0.05, 0) is 41.9 Å². The lowest BCUT2D eigenvalue weighted by Crippen LogP contribution is -2.46. The number of aromatic nitrogens is 1. The number of carbonyl (C=O) groups is 1. The molecular formula is C10H14BrN3O. The Labute approximate surface area is 97.6 Å². The van der Waals surface area contributed by atoms with Crippen molar-refractivity contribution >= 4 is 27.7 Å². The molecule has 4 nitrogen and oxygen atoms in total. The van der Waals surface area contributed by atoms with Crippen molar-refractivity contribution < 1.29 is 4.79 Å². The predicted molar refractivity (Wildman–Crippen MR) is 63.7 cm³/mol. The van der Waals surface area contributed by atoms with E-state index in [1.807, 2.05) is 18.2 Å². The molecule has 0 bridgehead atoms. The molecule has 0 saturated carbocycles. The van der Waals surface area contributed by atoms with Crippen molar-refractivity contribution in [1.82, 2.24) is 10.3 Å². The fourth-order valence-electron chi connectivity index (χ4n) is 1.17. The predicted octanol–water partition coefficient (Wildman–Crippen LogP) is 1.78. The molecule has 0 fully saturated rings. The summed E-state index contributed by atoms with van der Waals surface area (Å²) in [6.45, 7) is 3.60. The van der Waals surface area contributed by atoms with E-state index >= 15 is 0 Å². The Hall–Kier alpha value is -1.10. The van der Waals surface area contributed by atoms with Gasteiger partial charge in [-0.2, -0.15) is 0 Å². The highest BCUT2D eigenvalue weighted by atomic mass is 79.9. The summed E-state index contributed by atoms with van der Waals surface area (Å²) in [5.41, 5.74) is -0.678. The van der Waals surface area contributed by atoms with Gasteiger partial charge in [0.2, 0.25) is 5.91 Å². The molecule has 0 saturated heterocycles. The van der Waals surface area contributed by atoms with Crippen LogP contribution in [0.2, 0.25) is 0 Å². The third kappa shape index (κ3) is 3.20. The standard InChI is InChI=1S/C10H14BrN3O/c1-10(2,9(15)12-3)14-8-6-4-5-7(11)13-8/h4-6H,1-3H3,(H,12,15)(H,13,14). The summed E-state index contributed by atoms with van der Waals surface area (Å²) in [4.78, 5) is 15.7. The molecule has 1 rings (SSSR count). The monoisotopic (exact) mass is 271 g/mol. The van der Waals surface area contributed by atoms with Crippen LogP contribution in [0.25, 0.3) is 0 Å². The largest absolute Gasteiger partial charge is 0.357 e. The van der Waals surface area contributed by atoms with Gasteiger partial charge in [0.05, 0.1) is 0 Å². The lowest BCUT2D eigenvalue weighted by molar-refractivity contribution is -0.124. The first-order valence-corrected chi connectivity index (χ1v) is 5.38. The van der Waals surface area contributed by atoms with E-state index in [-0.39, 0.29) is 5.91 Å². The molecule has 0 aliphatic heterocycles. The molecule has 2 N–H and O–H groups in total. The molecule has 1 amide bonds. The van der Waals surface area contributed by atoms with Gasteiger partial charge >= 0.3 is 0 Å². The molecule has 0 aromatic carbocycles. The van der Waals surface area contributed by atoms with Crippen molar-refractivity contribution in [1.29, 1.82) is 0 Å². The number of nitrogens with one attached hydrogen (secondary N) is 2. The van der Waals surface area contributed by atoms with Gasteiger partial charge in [0.25, 0.3) is 0 Å². The second kappa shape index (κ2) is 4.61. The van der Waals surface area contributed by atoms with Crippen LogP contribution in [0, 0.1) is 0 Å².